The van der Waals surface area contributed by atoms with Gasteiger partial charge in [0.1, 0.15) is 41.9 Å². The van der Waals surface area contributed by atoms with Crippen molar-refractivity contribution in [2.75, 3.05) is 6.61 Å². The van der Waals surface area contributed by atoms with E-state index in [0.717, 1.165) is 11.6 Å². The van der Waals surface area contributed by atoms with Gasteiger partial charge in [0.15, 0.2) is 17.9 Å². The van der Waals surface area contributed by atoms with Crippen LogP contribution in [0.3, 0.4) is 0 Å². The van der Waals surface area contributed by atoms with Gasteiger partial charge in [-0.15, -0.1) is 0 Å². The van der Waals surface area contributed by atoms with Crippen molar-refractivity contribution in [2.24, 2.45) is 39.4 Å². The summed E-state index contributed by atoms with van der Waals surface area (Å²) >= 11 is 0. The SMILES string of the molecule is CC(C)(O)/C=C/C(=O)[C@](C)(O)[C@H]1C(O)C[C@@]2(C)[C@@H]3CC=C4[C@@H](CC(O[C@@H]5O[C@H](CO)[C@@H](O)[C@H](O)[C@H]5O)C(=O)C4(C)C)[C@]3(C)C(=O)C[C@]12C. The largest absolute Gasteiger partial charge is 0.394 e. The number of allylic oxidation sites excluding steroid dienone is 2. The third-order valence-electron chi connectivity index (χ3n) is 13.3. The highest BCUT2D eigenvalue weighted by Crippen LogP contribution is 2.74. The third kappa shape index (κ3) is 5.33. The Labute approximate surface area is 281 Å². The van der Waals surface area contributed by atoms with Crippen LogP contribution in [0.2, 0.25) is 0 Å². The van der Waals surface area contributed by atoms with Crippen molar-refractivity contribution in [3.63, 3.8) is 0 Å². The molecule has 1 heterocycles. The summed E-state index contributed by atoms with van der Waals surface area (Å²) in [6, 6.07) is 0. The minimum absolute atomic E-state index is 0.0345. The van der Waals surface area contributed by atoms with E-state index >= 15 is 0 Å². The van der Waals surface area contributed by atoms with Crippen LogP contribution in [-0.4, -0.2) is 114 Å². The molecule has 1 aliphatic heterocycles. The van der Waals surface area contributed by atoms with Gasteiger partial charge in [-0.3, -0.25) is 14.4 Å². The molecule has 270 valence electrons. The number of fused-ring (bicyclic) bond motifs is 5. The molecule has 5 rings (SSSR count). The Morgan fingerprint density at radius 2 is 1.62 bits per heavy atom. The Bertz CT molecular complexity index is 1390. The average Bonchev–Trinajstić information content (AvgIpc) is 3.19. The zero-order valence-electron chi connectivity index (χ0n) is 29.2. The van der Waals surface area contributed by atoms with Gasteiger partial charge in [0.05, 0.1) is 18.3 Å². The Balaban J connectivity index is 1.51. The molecule has 14 atom stereocenters. The Hall–Kier alpha value is -1.87. The van der Waals surface area contributed by atoms with Gasteiger partial charge >= 0.3 is 0 Å². The van der Waals surface area contributed by atoms with Gasteiger partial charge in [0.2, 0.25) is 0 Å². The first kappa shape index (κ1) is 37.4. The quantitative estimate of drug-likeness (QED) is 0.147. The average molecular weight is 679 g/mol. The Kier molecular flexibility index (Phi) is 9.23. The molecule has 0 aromatic carbocycles. The van der Waals surface area contributed by atoms with E-state index in [0.29, 0.717) is 6.42 Å². The summed E-state index contributed by atoms with van der Waals surface area (Å²) in [5.41, 5.74) is -6.36. The molecular weight excluding hydrogens is 624 g/mol. The van der Waals surface area contributed by atoms with E-state index in [1.54, 1.807) is 13.8 Å². The summed E-state index contributed by atoms with van der Waals surface area (Å²) in [6.45, 7) is 13.0. The first-order valence-electron chi connectivity index (χ1n) is 17.0. The van der Waals surface area contributed by atoms with Crippen LogP contribution in [0.4, 0.5) is 0 Å². The summed E-state index contributed by atoms with van der Waals surface area (Å²) in [5.74, 6) is -2.91. The molecule has 0 bridgehead atoms. The van der Waals surface area contributed by atoms with Crippen LogP contribution in [0, 0.1) is 39.4 Å². The van der Waals surface area contributed by atoms with Crippen molar-refractivity contribution in [1.29, 1.82) is 0 Å². The summed E-state index contributed by atoms with van der Waals surface area (Å²) in [5, 5.41) is 74.5. The molecular formula is C36H54O12. The highest BCUT2D eigenvalue weighted by atomic mass is 16.7. The summed E-state index contributed by atoms with van der Waals surface area (Å²) in [6.07, 6.45) is -4.87. The molecule has 3 saturated carbocycles. The van der Waals surface area contributed by atoms with Crippen LogP contribution in [0.25, 0.3) is 0 Å². The molecule has 0 aromatic rings. The molecule has 2 unspecified atom stereocenters. The highest BCUT2D eigenvalue weighted by molar-refractivity contribution is 5.98. The first-order valence-corrected chi connectivity index (χ1v) is 17.0. The van der Waals surface area contributed by atoms with Gasteiger partial charge in [-0.25, -0.2) is 0 Å². The molecule has 5 aliphatic rings. The first-order chi connectivity index (χ1) is 21.9. The maximum Gasteiger partial charge on any atom is 0.187 e. The minimum Gasteiger partial charge on any atom is -0.394 e. The fourth-order valence-corrected chi connectivity index (χ4v) is 10.4. The van der Waals surface area contributed by atoms with Gasteiger partial charge in [-0.1, -0.05) is 38.5 Å². The number of carbonyl (C=O) groups is 3. The molecule has 48 heavy (non-hydrogen) atoms. The van der Waals surface area contributed by atoms with E-state index < -0.39 is 100 Å². The fourth-order valence-electron chi connectivity index (χ4n) is 10.4. The van der Waals surface area contributed by atoms with Crippen molar-refractivity contribution in [3.8, 4) is 0 Å². The third-order valence-corrected chi connectivity index (χ3v) is 13.3. The number of Topliss-reactive ketones (excluding diaryl/α,β-unsaturated/α-hetero) is 2. The summed E-state index contributed by atoms with van der Waals surface area (Å²) in [4.78, 5) is 42.0. The molecule has 0 aromatic heterocycles. The second-order valence-electron chi connectivity index (χ2n) is 17.0. The lowest BCUT2D eigenvalue weighted by Crippen LogP contribution is -2.66. The molecule has 4 aliphatic carbocycles. The normalized spacial score (nSPS) is 47.2. The number of ketones is 3. The van der Waals surface area contributed by atoms with Gasteiger partial charge in [-0.05, 0) is 82.6 Å². The molecule has 4 fully saturated rings. The van der Waals surface area contributed by atoms with Gasteiger partial charge in [0.25, 0.3) is 0 Å². The monoisotopic (exact) mass is 678 g/mol. The summed E-state index contributed by atoms with van der Waals surface area (Å²) < 4.78 is 11.6. The zero-order valence-corrected chi connectivity index (χ0v) is 29.2. The van der Waals surface area contributed by atoms with Gasteiger partial charge in [-0.2, -0.15) is 0 Å². The van der Waals surface area contributed by atoms with Crippen molar-refractivity contribution in [2.45, 2.75) is 135 Å². The minimum atomic E-state index is -2.04. The topological polar surface area (TPSA) is 211 Å². The van der Waals surface area contributed by atoms with E-state index in [4.69, 9.17) is 9.47 Å². The van der Waals surface area contributed by atoms with Crippen molar-refractivity contribution >= 4 is 17.3 Å². The number of ether oxygens (including phenoxy) is 2. The van der Waals surface area contributed by atoms with Crippen LogP contribution in [-0.2, 0) is 23.9 Å². The lowest BCUT2D eigenvalue weighted by Gasteiger charge is -2.64. The molecule has 12 heteroatoms. The van der Waals surface area contributed by atoms with Crippen molar-refractivity contribution < 1.29 is 59.6 Å². The smallest absolute Gasteiger partial charge is 0.187 e. The predicted octanol–water partition coefficient (Wildman–Crippen LogP) is 0.753. The number of hydrogen-bond acceptors (Lipinski definition) is 12. The second-order valence-corrected chi connectivity index (χ2v) is 17.0. The predicted molar refractivity (Wildman–Crippen MR) is 171 cm³/mol. The maximum absolute atomic E-state index is 14.7. The molecule has 1 saturated heterocycles. The van der Waals surface area contributed by atoms with Crippen LogP contribution in [0.1, 0.15) is 81.1 Å². The molecule has 0 radical (unpaired) electrons. The van der Waals surface area contributed by atoms with E-state index in [1.165, 1.54) is 26.8 Å². The lowest BCUT2D eigenvalue weighted by molar-refractivity contribution is -0.311. The standard InChI is InChI=1S/C36H54O12/c1-31(2,45)12-11-23(39)36(8,46)28-19(38)14-33(5)22-10-9-17-18(35(22,7)24(40)15-34(28,33)6)13-20(29(44)32(17,3)4)47-30-27(43)26(42)25(41)21(16-37)48-30/h9,11-12,18-22,25-28,30,37-38,41-43,45-46H,10,13-16H2,1-8H3/b12-11+/t18-,19?,20?,21-,22+,25-,26+,27-,28+,30-,33+,34-,35+,36+/m1/s1. The number of aliphatic hydroxyl groups is 7. The Morgan fingerprint density at radius 1 is 1.00 bits per heavy atom. The zero-order chi connectivity index (χ0) is 36.2. The van der Waals surface area contributed by atoms with E-state index in [9.17, 15) is 50.1 Å². The van der Waals surface area contributed by atoms with Gasteiger partial charge in [0, 0.05) is 23.2 Å². The number of rotatable bonds is 7. The van der Waals surface area contributed by atoms with Crippen molar-refractivity contribution in [3.05, 3.63) is 23.8 Å². The van der Waals surface area contributed by atoms with E-state index in [2.05, 4.69) is 0 Å². The molecule has 0 amide bonds. The fraction of sp³-hybridized carbons (Fsp3) is 0.806. The lowest BCUT2D eigenvalue weighted by atomic mass is 9.38. The maximum atomic E-state index is 14.7. The second kappa shape index (κ2) is 11.8. The van der Waals surface area contributed by atoms with Crippen LogP contribution < -0.4 is 0 Å². The van der Waals surface area contributed by atoms with E-state index in [1.807, 2.05) is 26.8 Å². The van der Waals surface area contributed by atoms with Crippen LogP contribution in [0.15, 0.2) is 23.8 Å². The van der Waals surface area contributed by atoms with Crippen LogP contribution in [0.5, 0.6) is 0 Å². The highest BCUT2D eigenvalue weighted by Gasteiger charge is 2.74. The molecule has 7 N–H and O–H groups in total. The van der Waals surface area contributed by atoms with Crippen molar-refractivity contribution in [1.82, 2.24) is 0 Å². The molecule has 0 spiro atoms. The number of aliphatic hydroxyl groups excluding tert-OH is 5. The summed E-state index contributed by atoms with van der Waals surface area (Å²) in [7, 11) is 0. The van der Waals surface area contributed by atoms with Gasteiger partial charge < -0.3 is 45.2 Å². The number of hydrogen-bond donors (Lipinski definition) is 7. The molecule has 12 nitrogen and oxygen atoms in total. The Morgan fingerprint density at radius 3 is 2.21 bits per heavy atom. The van der Waals surface area contributed by atoms with E-state index in [-0.39, 0.29) is 36.7 Å². The number of carbonyl (C=O) groups excluding carboxylic acids is 3. The van der Waals surface area contributed by atoms with Crippen LogP contribution >= 0.6 is 0 Å².